The largest absolute Gasteiger partial charge is 0.481 e. The number of allylic oxidation sites excluding steroid dienone is 10. The van der Waals surface area contributed by atoms with Crippen LogP contribution in [0, 0.1) is 0 Å². The highest BCUT2D eigenvalue weighted by atomic mass is 16.5. The van der Waals surface area contributed by atoms with Crippen molar-refractivity contribution in [3.05, 3.63) is 96.8 Å². The first-order valence-electron chi connectivity index (χ1n) is 19.9. The first kappa shape index (κ1) is 45.9. The van der Waals surface area contributed by atoms with Crippen molar-refractivity contribution in [2.24, 2.45) is 0 Å². The summed E-state index contributed by atoms with van der Waals surface area (Å²) < 4.78 is 5.20. The molecule has 0 aliphatic rings. The fourth-order valence-corrected chi connectivity index (χ4v) is 5.56. The van der Waals surface area contributed by atoms with Crippen LogP contribution in [0.25, 0.3) is 10.9 Å². The van der Waals surface area contributed by atoms with Gasteiger partial charge in [0.1, 0.15) is 6.04 Å². The zero-order valence-corrected chi connectivity index (χ0v) is 32.5. The number of unbranched alkanes of at least 4 members (excludes halogenated alkanes) is 9. The molecule has 7 heteroatoms. The normalized spacial score (nSPS) is 12.4. The summed E-state index contributed by atoms with van der Waals surface area (Å²) in [4.78, 5) is 38.4. The van der Waals surface area contributed by atoms with Gasteiger partial charge in [-0.1, -0.05) is 144 Å². The third kappa shape index (κ3) is 24.9. The van der Waals surface area contributed by atoms with E-state index in [0.29, 0.717) is 19.4 Å². The number of carbonyl (C=O) groups excluding carboxylic acids is 2. The predicted molar refractivity (Wildman–Crippen MR) is 218 cm³/mol. The molecule has 0 saturated heterocycles. The van der Waals surface area contributed by atoms with Gasteiger partial charge in [-0.15, -0.1) is 0 Å². The van der Waals surface area contributed by atoms with E-state index in [9.17, 15) is 14.4 Å². The summed E-state index contributed by atoms with van der Waals surface area (Å²) in [6.45, 7) is 6.46. The Morgan fingerprint density at radius 3 is 1.85 bits per heavy atom. The second-order valence-electron chi connectivity index (χ2n) is 13.0. The summed E-state index contributed by atoms with van der Waals surface area (Å²) in [7, 11) is 0. The molecule has 0 aliphatic heterocycles. The van der Waals surface area contributed by atoms with Gasteiger partial charge in [-0.05, 0) is 69.9 Å². The maximum Gasteiger partial charge on any atom is 0.328 e. The molecule has 2 rings (SSSR count). The number of carboxylic acid groups (broad SMARTS) is 1. The van der Waals surface area contributed by atoms with E-state index in [1.54, 1.807) is 6.92 Å². The van der Waals surface area contributed by atoms with Crippen molar-refractivity contribution in [2.75, 3.05) is 6.61 Å². The van der Waals surface area contributed by atoms with E-state index >= 15 is 0 Å². The maximum absolute atomic E-state index is 12.4. The molecule has 0 bridgehead atoms. The van der Waals surface area contributed by atoms with Crippen molar-refractivity contribution >= 4 is 28.7 Å². The lowest BCUT2D eigenvalue weighted by Crippen LogP contribution is -2.43. The Morgan fingerprint density at radius 1 is 0.712 bits per heavy atom. The van der Waals surface area contributed by atoms with Gasteiger partial charge in [-0.2, -0.15) is 0 Å². The number of rotatable bonds is 28. The van der Waals surface area contributed by atoms with Gasteiger partial charge >= 0.3 is 11.9 Å². The number of aromatic nitrogens is 1. The highest BCUT2D eigenvalue weighted by Gasteiger charge is 2.23. The number of nitrogens with one attached hydrogen (secondary N) is 2. The van der Waals surface area contributed by atoms with E-state index in [2.05, 4.69) is 84.9 Å². The van der Waals surface area contributed by atoms with E-state index < -0.39 is 12.0 Å². The van der Waals surface area contributed by atoms with Gasteiger partial charge in [0.05, 0.1) is 6.61 Å². The lowest BCUT2D eigenvalue weighted by molar-refractivity contribution is -0.147. The Morgan fingerprint density at radius 2 is 1.27 bits per heavy atom. The van der Waals surface area contributed by atoms with E-state index in [-0.39, 0.29) is 18.3 Å². The van der Waals surface area contributed by atoms with Crippen LogP contribution in [0.5, 0.6) is 0 Å². The van der Waals surface area contributed by atoms with E-state index in [0.717, 1.165) is 74.3 Å². The fraction of sp³-hybridized carbons (Fsp3) is 0.533. The number of fused-ring (bicyclic) bond motifs is 1. The van der Waals surface area contributed by atoms with Gasteiger partial charge in [0.15, 0.2) is 0 Å². The lowest BCUT2D eigenvalue weighted by Gasteiger charge is -2.17. The molecule has 288 valence electrons. The average molecular weight is 717 g/mol. The van der Waals surface area contributed by atoms with Gasteiger partial charge < -0.3 is 20.1 Å². The molecule has 0 aliphatic carbocycles. The van der Waals surface area contributed by atoms with E-state index in [1.807, 2.05) is 30.5 Å². The van der Waals surface area contributed by atoms with Crippen LogP contribution in [0.1, 0.15) is 142 Å². The molecule has 0 saturated carbocycles. The highest BCUT2D eigenvalue weighted by Crippen LogP contribution is 2.20. The van der Waals surface area contributed by atoms with Gasteiger partial charge in [0, 0.05) is 36.4 Å². The number of carbonyl (C=O) groups is 3. The Kier molecular flexibility index (Phi) is 28.9. The number of para-hydroxylation sites is 1. The molecule has 1 aromatic heterocycles. The minimum Gasteiger partial charge on any atom is -0.481 e. The van der Waals surface area contributed by atoms with Crippen LogP contribution in [0.15, 0.2) is 91.2 Å². The Hall–Kier alpha value is -4.13. The number of carboxylic acids is 1. The van der Waals surface area contributed by atoms with E-state index in [1.165, 1.54) is 44.9 Å². The van der Waals surface area contributed by atoms with Gasteiger partial charge in [0.25, 0.3) is 0 Å². The fourth-order valence-electron chi connectivity index (χ4n) is 5.56. The summed E-state index contributed by atoms with van der Waals surface area (Å²) in [6.07, 6.45) is 42.1. The van der Waals surface area contributed by atoms with Crippen LogP contribution in [-0.4, -0.2) is 40.6 Å². The van der Waals surface area contributed by atoms with Crippen molar-refractivity contribution in [1.29, 1.82) is 0 Å². The second kappa shape index (κ2) is 32.8. The van der Waals surface area contributed by atoms with Crippen LogP contribution < -0.4 is 5.32 Å². The Labute approximate surface area is 314 Å². The lowest BCUT2D eigenvalue weighted by atomic mass is 10.0. The number of amides is 1. The van der Waals surface area contributed by atoms with Gasteiger partial charge in [-0.3, -0.25) is 9.59 Å². The number of aliphatic carboxylic acids is 1. The SMILES string of the molecule is CC/C=C/C/C=C/C/C=C/C/C=C/C/C=C/CCCC(=O)O.CCCCCCCCCCCC(=O)N[C@@H](Cc1c[nH]c2ccccc12)C(=O)OCC. The third-order valence-corrected chi connectivity index (χ3v) is 8.43. The van der Waals surface area contributed by atoms with Crippen molar-refractivity contribution in [1.82, 2.24) is 10.3 Å². The topological polar surface area (TPSA) is 108 Å². The summed E-state index contributed by atoms with van der Waals surface area (Å²) >= 11 is 0. The highest BCUT2D eigenvalue weighted by molar-refractivity contribution is 5.87. The van der Waals surface area contributed by atoms with Gasteiger partial charge in [0.2, 0.25) is 5.91 Å². The number of benzene rings is 1. The molecule has 0 radical (unpaired) electrons. The van der Waals surface area contributed by atoms with Crippen LogP contribution in [0.2, 0.25) is 0 Å². The average Bonchev–Trinajstić information content (AvgIpc) is 3.54. The maximum atomic E-state index is 12.4. The monoisotopic (exact) mass is 717 g/mol. The summed E-state index contributed by atoms with van der Waals surface area (Å²) in [5.74, 6) is -1.16. The van der Waals surface area contributed by atoms with E-state index in [4.69, 9.17) is 9.84 Å². The molecule has 0 unspecified atom stereocenters. The molecule has 1 aromatic carbocycles. The van der Waals surface area contributed by atoms with Crippen LogP contribution in [0.4, 0.5) is 0 Å². The standard InChI is InChI=1S/C25H38N2O3.C20H30O2/c1-3-5-6-7-8-9-10-11-12-17-24(28)27-23(25(29)30-4-2)18-20-19-26-22-16-14-13-15-21(20)22;1-2-3-4-5-6-7-8-9-10-11-12-13-14-15-16-17-18-19-20(21)22/h13-16,19,23,26H,3-12,17-18H2,1-2H3,(H,27,28);3-4,6-7,9-10,12-13,15-16H,2,5,8,11,14,17-19H2,1H3,(H,21,22)/b;4-3+,7-6+,10-9+,13-12+,16-15+/t23-;/m0./s1. The first-order chi connectivity index (χ1) is 25.4. The molecule has 0 spiro atoms. The van der Waals surface area contributed by atoms with Crippen molar-refractivity contribution < 1.29 is 24.2 Å². The molecule has 7 nitrogen and oxygen atoms in total. The third-order valence-electron chi connectivity index (χ3n) is 8.43. The quantitative estimate of drug-likeness (QED) is 0.0461. The molecule has 52 heavy (non-hydrogen) atoms. The summed E-state index contributed by atoms with van der Waals surface area (Å²) in [5, 5.41) is 12.5. The number of hydrogen-bond donors (Lipinski definition) is 3. The van der Waals surface area contributed by atoms with Crippen LogP contribution >= 0.6 is 0 Å². The molecule has 1 atom stereocenters. The summed E-state index contributed by atoms with van der Waals surface area (Å²) in [5.41, 5.74) is 2.03. The predicted octanol–water partition coefficient (Wildman–Crippen LogP) is 11.7. The summed E-state index contributed by atoms with van der Waals surface area (Å²) in [6, 6.07) is 7.31. The Balaban J connectivity index is 0.000000548. The Bertz CT molecular complexity index is 1370. The molecular formula is C45H68N2O5. The minimum atomic E-state index is -0.715. The van der Waals surface area contributed by atoms with Crippen molar-refractivity contribution in [3.63, 3.8) is 0 Å². The minimum absolute atomic E-state index is 0.0733. The number of hydrogen-bond acceptors (Lipinski definition) is 4. The number of aromatic amines is 1. The van der Waals surface area contributed by atoms with Crippen molar-refractivity contribution in [3.8, 4) is 0 Å². The molecule has 1 amide bonds. The first-order valence-corrected chi connectivity index (χ1v) is 19.9. The molecular weight excluding hydrogens is 649 g/mol. The van der Waals surface area contributed by atoms with Gasteiger partial charge in [-0.25, -0.2) is 4.79 Å². The van der Waals surface area contributed by atoms with Crippen LogP contribution in [0.3, 0.4) is 0 Å². The second-order valence-corrected chi connectivity index (χ2v) is 13.0. The zero-order chi connectivity index (χ0) is 37.9. The van der Waals surface area contributed by atoms with Crippen LogP contribution in [-0.2, 0) is 25.5 Å². The number of H-pyrrole nitrogens is 1. The zero-order valence-electron chi connectivity index (χ0n) is 32.5. The smallest absolute Gasteiger partial charge is 0.328 e. The molecule has 3 N–H and O–H groups in total. The molecule has 0 fully saturated rings. The number of ether oxygens (including phenoxy) is 1. The number of esters is 1. The molecule has 2 aromatic rings. The van der Waals surface area contributed by atoms with Crippen molar-refractivity contribution in [2.45, 2.75) is 149 Å². The molecule has 1 heterocycles.